The molecule has 11 aromatic rings. The average molecular weight is 857 g/mol. The van der Waals surface area contributed by atoms with E-state index in [1.165, 1.54) is 67.0 Å². The lowest BCUT2D eigenvalue weighted by molar-refractivity contribution is 0.660. The Labute approximate surface area is 390 Å². The summed E-state index contributed by atoms with van der Waals surface area (Å²) in [5.41, 5.74) is 23.1. The summed E-state index contributed by atoms with van der Waals surface area (Å²) in [4.78, 5) is 4.96. The minimum atomic E-state index is -0.581. The van der Waals surface area contributed by atoms with E-state index in [0.717, 1.165) is 55.8 Å². The monoisotopic (exact) mass is 856 g/mol. The SMILES string of the molecule is CC1(C)c2ccccc2-c2ccc(N(c3ccc(-c4cccc5c4oc4ccccc45)cc3)c3cccc4c3-c3ccccc3C43c4ccccc4N(c4ccccc4)c4ccccc43)cc21. The van der Waals surface area contributed by atoms with Crippen LogP contribution >= 0.6 is 0 Å². The van der Waals surface area contributed by atoms with Crippen molar-refractivity contribution in [3.05, 3.63) is 264 Å². The molecule has 3 aliphatic rings. The first-order chi connectivity index (χ1) is 33.0. The Hall–Kier alpha value is -8.40. The number of anilines is 6. The zero-order chi connectivity index (χ0) is 44.4. The van der Waals surface area contributed by atoms with Gasteiger partial charge in [-0.05, 0) is 116 Å². The molecule has 1 aromatic heterocycles. The van der Waals surface area contributed by atoms with Crippen LogP contribution in [-0.4, -0.2) is 0 Å². The van der Waals surface area contributed by atoms with Crippen molar-refractivity contribution in [2.45, 2.75) is 24.7 Å². The van der Waals surface area contributed by atoms with Gasteiger partial charge in [-0.3, -0.25) is 0 Å². The molecule has 2 aliphatic carbocycles. The van der Waals surface area contributed by atoms with Gasteiger partial charge in [-0.25, -0.2) is 0 Å². The van der Waals surface area contributed by atoms with Crippen LogP contribution in [0.4, 0.5) is 34.1 Å². The van der Waals surface area contributed by atoms with Crippen LogP contribution in [-0.2, 0) is 10.8 Å². The van der Waals surface area contributed by atoms with E-state index in [1.54, 1.807) is 0 Å². The first-order valence-electron chi connectivity index (χ1n) is 23.3. The van der Waals surface area contributed by atoms with Crippen LogP contribution in [0.15, 0.2) is 235 Å². The van der Waals surface area contributed by atoms with Crippen LogP contribution in [0.3, 0.4) is 0 Å². The van der Waals surface area contributed by atoms with Crippen LogP contribution in [0, 0.1) is 0 Å². The number of hydrogen-bond donors (Lipinski definition) is 0. The number of fused-ring (bicyclic) bond motifs is 15. The Kier molecular flexibility index (Phi) is 7.95. The number of furan rings is 1. The van der Waals surface area contributed by atoms with Gasteiger partial charge < -0.3 is 14.2 Å². The third-order valence-electron chi connectivity index (χ3n) is 15.1. The van der Waals surface area contributed by atoms with Gasteiger partial charge in [-0.1, -0.05) is 184 Å². The summed E-state index contributed by atoms with van der Waals surface area (Å²) in [5, 5.41) is 2.27. The normalized spacial score (nSPS) is 14.3. The van der Waals surface area contributed by atoms with Crippen molar-refractivity contribution < 1.29 is 4.42 Å². The molecule has 0 N–H and O–H groups in total. The van der Waals surface area contributed by atoms with Crippen molar-refractivity contribution in [1.82, 2.24) is 0 Å². The number of benzene rings is 10. The quantitative estimate of drug-likeness (QED) is 0.172. The summed E-state index contributed by atoms with van der Waals surface area (Å²) in [5.74, 6) is 0. The maximum atomic E-state index is 6.55. The number of nitrogens with zero attached hydrogens (tertiary/aromatic N) is 2. The van der Waals surface area contributed by atoms with E-state index in [2.05, 4.69) is 248 Å². The van der Waals surface area contributed by atoms with Crippen LogP contribution in [0.5, 0.6) is 0 Å². The lowest BCUT2D eigenvalue weighted by Crippen LogP contribution is -2.36. The van der Waals surface area contributed by atoms with Crippen LogP contribution in [0.2, 0.25) is 0 Å². The number of para-hydroxylation sites is 5. The molecule has 1 aliphatic heterocycles. The molecule has 0 saturated carbocycles. The second-order valence-electron chi connectivity index (χ2n) is 18.8. The molecule has 2 heterocycles. The van der Waals surface area contributed by atoms with Gasteiger partial charge in [-0.15, -0.1) is 0 Å². The average Bonchev–Trinajstić information content (AvgIpc) is 3.99. The molecule has 316 valence electrons. The van der Waals surface area contributed by atoms with Crippen molar-refractivity contribution in [3.8, 4) is 33.4 Å². The summed E-state index contributed by atoms with van der Waals surface area (Å²) < 4.78 is 6.55. The fourth-order valence-corrected chi connectivity index (χ4v) is 12.2. The summed E-state index contributed by atoms with van der Waals surface area (Å²) >= 11 is 0. The van der Waals surface area contributed by atoms with Gasteiger partial charge in [0, 0.05) is 44.4 Å². The minimum Gasteiger partial charge on any atom is -0.455 e. The molecule has 3 nitrogen and oxygen atoms in total. The Morgan fingerprint density at radius 3 is 1.75 bits per heavy atom. The third kappa shape index (κ3) is 5.17. The van der Waals surface area contributed by atoms with Crippen molar-refractivity contribution in [2.75, 3.05) is 9.80 Å². The molecule has 0 saturated heterocycles. The van der Waals surface area contributed by atoms with Crippen molar-refractivity contribution in [2.24, 2.45) is 0 Å². The summed E-state index contributed by atoms with van der Waals surface area (Å²) in [6, 6.07) is 85.1. The molecule has 0 atom stereocenters. The van der Waals surface area contributed by atoms with E-state index in [0.29, 0.717) is 0 Å². The molecule has 3 heteroatoms. The first kappa shape index (κ1) is 37.9. The maximum Gasteiger partial charge on any atom is 0.143 e. The molecule has 0 fully saturated rings. The van der Waals surface area contributed by atoms with Crippen molar-refractivity contribution >= 4 is 56.1 Å². The van der Waals surface area contributed by atoms with E-state index in [9.17, 15) is 0 Å². The van der Waals surface area contributed by atoms with Crippen molar-refractivity contribution in [3.63, 3.8) is 0 Å². The smallest absolute Gasteiger partial charge is 0.143 e. The molecule has 1 spiro atoms. The van der Waals surface area contributed by atoms with Crippen LogP contribution < -0.4 is 9.80 Å². The predicted molar refractivity (Wildman–Crippen MR) is 277 cm³/mol. The van der Waals surface area contributed by atoms with E-state index in [1.807, 2.05) is 6.07 Å². The van der Waals surface area contributed by atoms with E-state index < -0.39 is 5.41 Å². The Bertz CT molecular complexity index is 3760. The lowest BCUT2D eigenvalue weighted by atomic mass is 9.64. The van der Waals surface area contributed by atoms with Crippen LogP contribution in [0.1, 0.15) is 47.2 Å². The van der Waals surface area contributed by atoms with Gasteiger partial charge in [-0.2, -0.15) is 0 Å². The van der Waals surface area contributed by atoms with Crippen molar-refractivity contribution in [1.29, 1.82) is 0 Å². The molecule has 10 aromatic carbocycles. The lowest BCUT2D eigenvalue weighted by Gasteiger charge is -2.45. The highest BCUT2D eigenvalue weighted by Crippen LogP contribution is 2.65. The zero-order valence-corrected chi connectivity index (χ0v) is 37.2. The van der Waals surface area contributed by atoms with E-state index in [-0.39, 0.29) is 5.41 Å². The standard InChI is InChI=1S/C64H44N2O/c1-63(2)51-25-9-6-20-46(51)47-39-38-44(40-56(47)63)65(43-36-34-41(35-37-43)45-23-16-24-49-48-21-8-15-33-60(48)67-62(45)49)59-32-17-29-55-61(59)50-22-7-10-26-52(50)64(55)53-27-11-13-30-57(53)66(42-18-4-3-5-19-42)58-31-14-12-28-54(58)64/h3-40H,1-2H3. The van der Waals surface area contributed by atoms with Gasteiger partial charge in [0.05, 0.1) is 22.5 Å². The summed E-state index contributed by atoms with van der Waals surface area (Å²) in [6.45, 7) is 4.74. The zero-order valence-electron chi connectivity index (χ0n) is 37.2. The van der Waals surface area contributed by atoms with Gasteiger partial charge in [0.25, 0.3) is 0 Å². The largest absolute Gasteiger partial charge is 0.455 e. The highest BCUT2D eigenvalue weighted by atomic mass is 16.3. The fourth-order valence-electron chi connectivity index (χ4n) is 12.2. The molecule has 0 amide bonds. The summed E-state index contributed by atoms with van der Waals surface area (Å²) in [7, 11) is 0. The highest BCUT2D eigenvalue weighted by molar-refractivity contribution is 6.10. The van der Waals surface area contributed by atoms with Gasteiger partial charge in [0.15, 0.2) is 0 Å². The fraction of sp³-hybridized carbons (Fsp3) is 0.0625. The number of hydrogen-bond acceptors (Lipinski definition) is 3. The Morgan fingerprint density at radius 1 is 0.403 bits per heavy atom. The molecular formula is C64H44N2O. The molecule has 67 heavy (non-hydrogen) atoms. The van der Waals surface area contributed by atoms with Gasteiger partial charge in [0.1, 0.15) is 11.2 Å². The topological polar surface area (TPSA) is 19.6 Å². The minimum absolute atomic E-state index is 0.168. The molecule has 0 unspecified atom stereocenters. The molecular weight excluding hydrogens is 813 g/mol. The van der Waals surface area contributed by atoms with Gasteiger partial charge in [0.2, 0.25) is 0 Å². The predicted octanol–water partition coefficient (Wildman–Crippen LogP) is 17.2. The molecule has 0 bridgehead atoms. The van der Waals surface area contributed by atoms with E-state index in [4.69, 9.17) is 4.42 Å². The Morgan fingerprint density at radius 2 is 0.970 bits per heavy atom. The first-order valence-corrected chi connectivity index (χ1v) is 23.3. The highest BCUT2D eigenvalue weighted by Gasteiger charge is 2.52. The number of rotatable bonds is 5. The Balaban J connectivity index is 1.01. The third-order valence-corrected chi connectivity index (χ3v) is 15.1. The second kappa shape index (κ2) is 14.1. The molecule has 14 rings (SSSR count). The summed E-state index contributed by atoms with van der Waals surface area (Å²) in [6.07, 6.45) is 0. The maximum absolute atomic E-state index is 6.55. The van der Waals surface area contributed by atoms with Crippen LogP contribution in [0.25, 0.3) is 55.3 Å². The molecule has 0 radical (unpaired) electrons. The second-order valence-corrected chi connectivity index (χ2v) is 18.8. The van der Waals surface area contributed by atoms with Gasteiger partial charge >= 0.3 is 0 Å². The van der Waals surface area contributed by atoms with E-state index >= 15 is 0 Å².